The van der Waals surface area contributed by atoms with E-state index in [4.69, 9.17) is 14.2 Å². The number of nitrogens with one attached hydrogen (secondary N) is 1. The lowest BCUT2D eigenvalue weighted by atomic mass is 9.72. The molecule has 1 aromatic rings. The lowest BCUT2D eigenvalue weighted by Crippen LogP contribution is -2.49. The van der Waals surface area contributed by atoms with E-state index >= 15 is 0 Å². The smallest absolute Gasteiger partial charge is 0.161 e. The second kappa shape index (κ2) is 5.02. The molecule has 1 aromatic carbocycles. The highest BCUT2D eigenvalue weighted by molar-refractivity contribution is 5.45. The highest BCUT2D eigenvalue weighted by Crippen LogP contribution is 2.46. The zero-order chi connectivity index (χ0) is 13.3. The van der Waals surface area contributed by atoms with Gasteiger partial charge in [-0.3, -0.25) is 0 Å². The summed E-state index contributed by atoms with van der Waals surface area (Å²) in [7, 11) is 3.79. The molecule has 0 spiro atoms. The lowest BCUT2D eigenvalue weighted by molar-refractivity contribution is -0.0983. The standard InChI is InChI=1S/C15H21NO3/c1-16-14(15(17-2)6-3-7-15)11-4-5-12-13(10-11)19-9-8-18-12/h4-5,10,14,16H,3,6-9H2,1-2H3. The van der Waals surface area contributed by atoms with Gasteiger partial charge in [0.25, 0.3) is 0 Å². The van der Waals surface area contributed by atoms with Crippen LogP contribution in [0.5, 0.6) is 11.5 Å². The second-order valence-corrected chi connectivity index (χ2v) is 5.25. The normalized spacial score (nSPS) is 21.6. The predicted molar refractivity (Wildman–Crippen MR) is 72.8 cm³/mol. The fourth-order valence-corrected chi connectivity index (χ4v) is 3.11. The SMILES string of the molecule is CNC(c1ccc2c(c1)OCCO2)C1(OC)CCC1. The summed E-state index contributed by atoms with van der Waals surface area (Å²) in [6.07, 6.45) is 3.43. The quantitative estimate of drug-likeness (QED) is 0.904. The molecule has 1 heterocycles. The molecule has 3 rings (SSSR count). The van der Waals surface area contributed by atoms with Crippen LogP contribution in [0.1, 0.15) is 30.9 Å². The lowest BCUT2D eigenvalue weighted by Gasteiger charge is -2.46. The molecule has 2 aliphatic rings. The van der Waals surface area contributed by atoms with Crippen molar-refractivity contribution in [3.8, 4) is 11.5 Å². The number of methoxy groups -OCH3 is 1. The van der Waals surface area contributed by atoms with E-state index in [2.05, 4.69) is 17.4 Å². The van der Waals surface area contributed by atoms with Crippen LogP contribution >= 0.6 is 0 Å². The van der Waals surface area contributed by atoms with Crippen molar-refractivity contribution >= 4 is 0 Å². The van der Waals surface area contributed by atoms with Crippen molar-refractivity contribution in [2.45, 2.75) is 30.9 Å². The molecule has 0 amide bonds. The van der Waals surface area contributed by atoms with Crippen molar-refractivity contribution in [3.63, 3.8) is 0 Å². The largest absolute Gasteiger partial charge is 0.486 e. The number of likely N-dealkylation sites (N-methyl/N-ethyl adjacent to an activating group) is 1. The summed E-state index contributed by atoms with van der Waals surface area (Å²) < 4.78 is 17.0. The van der Waals surface area contributed by atoms with E-state index in [9.17, 15) is 0 Å². The Morgan fingerprint density at radius 3 is 2.53 bits per heavy atom. The molecule has 19 heavy (non-hydrogen) atoms. The topological polar surface area (TPSA) is 39.7 Å². The molecule has 0 radical (unpaired) electrons. The molecule has 4 nitrogen and oxygen atoms in total. The van der Waals surface area contributed by atoms with E-state index in [0.29, 0.717) is 13.2 Å². The molecule has 0 aromatic heterocycles. The average Bonchev–Trinajstić information content (AvgIpc) is 2.42. The molecule has 0 bridgehead atoms. The van der Waals surface area contributed by atoms with E-state index in [1.807, 2.05) is 20.2 Å². The summed E-state index contributed by atoms with van der Waals surface area (Å²) in [6.45, 7) is 1.25. The van der Waals surface area contributed by atoms with Crippen molar-refractivity contribution < 1.29 is 14.2 Å². The zero-order valence-corrected chi connectivity index (χ0v) is 11.6. The molecule has 4 heteroatoms. The maximum absolute atomic E-state index is 5.79. The third-order valence-electron chi connectivity index (χ3n) is 4.32. The second-order valence-electron chi connectivity index (χ2n) is 5.25. The third-order valence-corrected chi connectivity index (χ3v) is 4.32. The minimum Gasteiger partial charge on any atom is -0.486 e. The van der Waals surface area contributed by atoms with Crippen LogP contribution in [0.25, 0.3) is 0 Å². The van der Waals surface area contributed by atoms with Crippen LogP contribution in [0.4, 0.5) is 0 Å². The number of hydrogen-bond acceptors (Lipinski definition) is 4. The minimum atomic E-state index is -0.0709. The first-order chi connectivity index (χ1) is 9.29. The van der Waals surface area contributed by atoms with Crippen LogP contribution in [0.2, 0.25) is 0 Å². The predicted octanol–water partition coefficient (Wildman–Crippen LogP) is 2.29. The Morgan fingerprint density at radius 2 is 1.95 bits per heavy atom. The van der Waals surface area contributed by atoms with Crippen molar-refractivity contribution in [2.75, 3.05) is 27.4 Å². The first-order valence-electron chi connectivity index (χ1n) is 6.91. The Morgan fingerprint density at radius 1 is 1.21 bits per heavy atom. The molecule has 1 fully saturated rings. The number of hydrogen-bond donors (Lipinski definition) is 1. The highest BCUT2D eigenvalue weighted by atomic mass is 16.6. The Balaban J connectivity index is 1.91. The van der Waals surface area contributed by atoms with Gasteiger partial charge in [0.1, 0.15) is 13.2 Å². The van der Waals surface area contributed by atoms with Gasteiger partial charge >= 0.3 is 0 Å². The summed E-state index contributed by atoms with van der Waals surface area (Å²) in [5.41, 5.74) is 1.13. The van der Waals surface area contributed by atoms with Crippen LogP contribution in [-0.2, 0) is 4.74 Å². The summed E-state index contributed by atoms with van der Waals surface area (Å²) in [4.78, 5) is 0. The van der Waals surface area contributed by atoms with Gasteiger partial charge in [0.15, 0.2) is 11.5 Å². The minimum absolute atomic E-state index is 0.0709. The van der Waals surface area contributed by atoms with Gasteiger partial charge in [-0.05, 0) is 44.0 Å². The summed E-state index contributed by atoms with van der Waals surface area (Å²) in [6, 6.07) is 6.38. The number of benzene rings is 1. The monoisotopic (exact) mass is 263 g/mol. The molecular formula is C15H21NO3. The van der Waals surface area contributed by atoms with Crippen LogP contribution in [-0.4, -0.2) is 33.0 Å². The zero-order valence-electron chi connectivity index (χ0n) is 11.6. The molecule has 0 saturated heterocycles. The molecular weight excluding hydrogens is 242 g/mol. The fraction of sp³-hybridized carbons (Fsp3) is 0.600. The van der Waals surface area contributed by atoms with Crippen molar-refractivity contribution in [3.05, 3.63) is 23.8 Å². The maximum atomic E-state index is 5.79. The van der Waals surface area contributed by atoms with Gasteiger partial charge in [-0.15, -0.1) is 0 Å². The van der Waals surface area contributed by atoms with E-state index < -0.39 is 0 Å². The van der Waals surface area contributed by atoms with Gasteiger partial charge in [-0.1, -0.05) is 6.07 Å². The average molecular weight is 263 g/mol. The molecule has 1 aliphatic carbocycles. The molecule has 1 unspecified atom stereocenters. The van der Waals surface area contributed by atoms with Gasteiger partial charge in [-0.25, -0.2) is 0 Å². The van der Waals surface area contributed by atoms with Gasteiger partial charge in [0, 0.05) is 7.11 Å². The maximum Gasteiger partial charge on any atom is 0.161 e. The van der Waals surface area contributed by atoms with Crippen LogP contribution < -0.4 is 14.8 Å². The van der Waals surface area contributed by atoms with Gasteiger partial charge in [-0.2, -0.15) is 0 Å². The van der Waals surface area contributed by atoms with Crippen LogP contribution in [0, 0.1) is 0 Å². The summed E-state index contributed by atoms with van der Waals surface area (Å²) in [5, 5.41) is 3.40. The van der Waals surface area contributed by atoms with E-state index in [1.54, 1.807) is 0 Å². The van der Waals surface area contributed by atoms with Crippen molar-refractivity contribution in [1.82, 2.24) is 5.32 Å². The van der Waals surface area contributed by atoms with Crippen LogP contribution in [0.3, 0.4) is 0 Å². The highest BCUT2D eigenvalue weighted by Gasteiger charge is 2.44. The Kier molecular flexibility index (Phi) is 3.37. The van der Waals surface area contributed by atoms with E-state index in [1.165, 1.54) is 12.0 Å². The van der Waals surface area contributed by atoms with Gasteiger partial charge < -0.3 is 19.5 Å². The summed E-state index contributed by atoms with van der Waals surface area (Å²) >= 11 is 0. The fourth-order valence-electron chi connectivity index (χ4n) is 3.11. The van der Waals surface area contributed by atoms with Gasteiger partial charge in [0.05, 0.1) is 11.6 Å². The Hall–Kier alpha value is -1.26. The number of rotatable bonds is 4. The molecule has 1 saturated carbocycles. The van der Waals surface area contributed by atoms with Crippen molar-refractivity contribution in [2.24, 2.45) is 0 Å². The molecule has 104 valence electrons. The van der Waals surface area contributed by atoms with E-state index in [0.717, 1.165) is 24.3 Å². The molecule has 1 aliphatic heterocycles. The summed E-state index contributed by atoms with van der Waals surface area (Å²) in [5.74, 6) is 1.68. The molecule has 1 N–H and O–H groups in total. The first-order valence-corrected chi connectivity index (χ1v) is 6.91. The third kappa shape index (κ3) is 2.09. The van der Waals surface area contributed by atoms with Crippen LogP contribution in [0.15, 0.2) is 18.2 Å². The Labute approximate surface area is 114 Å². The van der Waals surface area contributed by atoms with E-state index in [-0.39, 0.29) is 11.6 Å². The van der Waals surface area contributed by atoms with Gasteiger partial charge in [0.2, 0.25) is 0 Å². The number of fused-ring (bicyclic) bond motifs is 1. The Bertz CT molecular complexity index is 451. The first kappa shape index (κ1) is 12.8. The van der Waals surface area contributed by atoms with Crippen molar-refractivity contribution in [1.29, 1.82) is 0 Å². The molecule has 1 atom stereocenters. The number of ether oxygens (including phenoxy) is 3.